The largest absolute Gasteiger partial charge is 0.460 e. The van der Waals surface area contributed by atoms with Crippen LogP contribution >= 0.6 is 0 Å². The predicted molar refractivity (Wildman–Crippen MR) is 110 cm³/mol. The molecule has 9 nitrogen and oxygen atoms in total. The predicted octanol–water partition coefficient (Wildman–Crippen LogP) is 2.90. The lowest BCUT2D eigenvalue weighted by atomic mass is 9.77. The smallest absolute Gasteiger partial charge is 0.322 e. The van der Waals surface area contributed by atoms with Gasteiger partial charge in [0.2, 0.25) is 5.91 Å². The summed E-state index contributed by atoms with van der Waals surface area (Å²) >= 11 is 0. The Morgan fingerprint density at radius 3 is 1.90 bits per heavy atom. The zero-order valence-corrected chi connectivity index (χ0v) is 16.9. The first kappa shape index (κ1) is 21.9. The summed E-state index contributed by atoms with van der Waals surface area (Å²) in [5.41, 5.74) is 10.2. The van der Waals surface area contributed by atoms with Crippen molar-refractivity contribution in [2.24, 2.45) is 17.0 Å². The van der Waals surface area contributed by atoms with Crippen LogP contribution in [0.3, 0.4) is 0 Å². The lowest BCUT2D eigenvalue weighted by Crippen LogP contribution is -2.67. The third-order valence-corrected chi connectivity index (χ3v) is 5.07. The van der Waals surface area contributed by atoms with E-state index in [-0.39, 0.29) is 13.2 Å². The minimum Gasteiger partial charge on any atom is -0.460 e. The van der Waals surface area contributed by atoms with Gasteiger partial charge in [-0.25, -0.2) is 0 Å². The molecule has 1 heterocycles. The van der Waals surface area contributed by atoms with Gasteiger partial charge >= 0.3 is 11.9 Å². The lowest BCUT2D eigenvalue weighted by molar-refractivity contribution is -0.169. The maximum Gasteiger partial charge on any atom is 0.322 e. The van der Waals surface area contributed by atoms with Crippen molar-refractivity contribution in [3.63, 3.8) is 0 Å². The van der Waals surface area contributed by atoms with E-state index in [1.165, 1.54) is 0 Å². The highest BCUT2D eigenvalue weighted by Gasteiger charge is 2.53. The summed E-state index contributed by atoms with van der Waals surface area (Å²) in [4.78, 5) is 40.5. The van der Waals surface area contributed by atoms with Gasteiger partial charge in [0.15, 0.2) is 5.92 Å². The molecular weight excluding hydrogens is 400 g/mol. The van der Waals surface area contributed by atoms with Gasteiger partial charge < -0.3 is 14.8 Å². The number of ether oxygens (including phenoxy) is 2. The lowest BCUT2D eigenvalue weighted by Gasteiger charge is -2.41. The van der Waals surface area contributed by atoms with Crippen molar-refractivity contribution in [1.29, 1.82) is 0 Å². The Bertz CT molecular complexity index is 920. The summed E-state index contributed by atoms with van der Waals surface area (Å²) in [5.74, 6) is -4.25. The Labute approximate surface area is 179 Å². The maximum atomic E-state index is 12.9. The maximum absolute atomic E-state index is 12.9. The Kier molecular flexibility index (Phi) is 7.24. The Morgan fingerprint density at radius 2 is 1.48 bits per heavy atom. The molecule has 0 bridgehead atoms. The van der Waals surface area contributed by atoms with E-state index in [1.54, 1.807) is 55.5 Å². The number of azide groups is 1. The van der Waals surface area contributed by atoms with E-state index in [4.69, 9.17) is 15.0 Å². The standard InChI is InChI=1S/C22H22N4O5/c1-14(25-26-23)17-19(24-20(17)27)18(21(28)30-12-15-8-4-2-5-9-15)22(29)31-13-16-10-6-3-7-11-16/h2-11,14,17-19H,12-13H2,1H3,(H,24,27)/t14?,17-,19+/m1/s1. The topological polar surface area (TPSA) is 130 Å². The first-order valence-corrected chi connectivity index (χ1v) is 9.77. The fraction of sp³-hybridized carbons (Fsp3) is 0.318. The summed E-state index contributed by atoms with van der Waals surface area (Å²) in [5, 5.41) is 6.12. The van der Waals surface area contributed by atoms with Gasteiger partial charge in [0.05, 0.1) is 12.0 Å². The van der Waals surface area contributed by atoms with Crippen LogP contribution in [0.1, 0.15) is 18.1 Å². The van der Waals surface area contributed by atoms with Crippen LogP contribution in [-0.2, 0) is 37.1 Å². The van der Waals surface area contributed by atoms with Crippen molar-refractivity contribution >= 4 is 17.8 Å². The zero-order chi connectivity index (χ0) is 22.2. The average Bonchev–Trinajstić information content (AvgIpc) is 2.77. The van der Waals surface area contributed by atoms with Crippen LogP contribution in [-0.4, -0.2) is 29.9 Å². The molecule has 0 radical (unpaired) electrons. The Balaban J connectivity index is 1.75. The second-order valence-corrected chi connectivity index (χ2v) is 7.17. The molecule has 1 N–H and O–H groups in total. The molecule has 160 valence electrons. The van der Waals surface area contributed by atoms with Crippen LogP contribution in [0.25, 0.3) is 10.4 Å². The van der Waals surface area contributed by atoms with Gasteiger partial charge in [-0.1, -0.05) is 72.7 Å². The number of rotatable bonds is 9. The molecule has 3 atom stereocenters. The van der Waals surface area contributed by atoms with E-state index in [0.29, 0.717) is 0 Å². The number of benzene rings is 2. The minimum atomic E-state index is -1.38. The number of amides is 1. The van der Waals surface area contributed by atoms with Crippen molar-refractivity contribution < 1.29 is 23.9 Å². The van der Waals surface area contributed by atoms with Crippen molar-refractivity contribution in [3.05, 3.63) is 82.2 Å². The molecule has 2 aromatic carbocycles. The molecule has 0 spiro atoms. The first-order valence-electron chi connectivity index (χ1n) is 9.77. The summed E-state index contributed by atoms with van der Waals surface area (Å²) < 4.78 is 10.7. The van der Waals surface area contributed by atoms with Gasteiger partial charge in [-0.05, 0) is 16.7 Å². The quantitative estimate of drug-likeness (QED) is 0.166. The van der Waals surface area contributed by atoms with Crippen LogP contribution in [0.5, 0.6) is 0 Å². The first-order chi connectivity index (χ1) is 15.0. The number of nitrogens with one attached hydrogen (secondary N) is 1. The normalized spacial score (nSPS) is 18.2. The highest BCUT2D eigenvalue weighted by Crippen LogP contribution is 2.29. The third kappa shape index (κ3) is 5.40. The van der Waals surface area contributed by atoms with Crippen molar-refractivity contribution in [2.45, 2.75) is 32.2 Å². The highest BCUT2D eigenvalue weighted by atomic mass is 16.6. The molecule has 2 aromatic rings. The van der Waals surface area contributed by atoms with Gasteiger partial charge in [0.25, 0.3) is 0 Å². The van der Waals surface area contributed by atoms with Gasteiger partial charge in [-0.2, -0.15) is 0 Å². The van der Waals surface area contributed by atoms with Gasteiger partial charge in [-0.3, -0.25) is 14.4 Å². The molecule has 1 aliphatic heterocycles. The summed E-state index contributed by atoms with van der Waals surface area (Å²) in [6.45, 7) is 1.50. The highest BCUT2D eigenvalue weighted by molar-refractivity contribution is 5.99. The van der Waals surface area contributed by atoms with Crippen molar-refractivity contribution in [3.8, 4) is 0 Å². The number of carbonyl (C=O) groups is 3. The Hall–Kier alpha value is -3.84. The van der Waals surface area contributed by atoms with E-state index in [0.717, 1.165) is 11.1 Å². The summed E-state index contributed by atoms with van der Waals surface area (Å²) in [6, 6.07) is 16.4. The van der Waals surface area contributed by atoms with Crippen LogP contribution in [0.4, 0.5) is 0 Å². The second kappa shape index (κ2) is 10.3. The van der Waals surface area contributed by atoms with E-state index in [2.05, 4.69) is 15.3 Å². The van der Waals surface area contributed by atoms with E-state index in [1.807, 2.05) is 12.1 Å². The number of nitrogens with zero attached hydrogens (tertiary/aromatic N) is 3. The molecule has 31 heavy (non-hydrogen) atoms. The molecule has 1 saturated heterocycles. The number of β-lactam (4-membered cyclic amide) rings is 1. The van der Waals surface area contributed by atoms with E-state index >= 15 is 0 Å². The van der Waals surface area contributed by atoms with Crippen LogP contribution in [0.15, 0.2) is 65.8 Å². The molecule has 0 aliphatic carbocycles. The van der Waals surface area contributed by atoms with Crippen LogP contribution in [0.2, 0.25) is 0 Å². The minimum absolute atomic E-state index is 0.0284. The molecule has 1 aliphatic rings. The molecular formula is C22H22N4O5. The second-order valence-electron chi connectivity index (χ2n) is 7.17. The van der Waals surface area contributed by atoms with E-state index < -0.39 is 41.8 Å². The fourth-order valence-electron chi connectivity index (χ4n) is 3.41. The molecule has 0 saturated carbocycles. The zero-order valence-electron chi connectivity index (χ0n) is 16.9. The monoisotopic (exact) mass is 422 g/mol. The molecule has 1 unspecified atom stereocenters. The molecule has 1 fully saturated rings. The van der Waals surface area contributed by atoms with Gasteiger partial charge in [0.1, 0.15) is 13.2 Å². The molecule has 1 amide bonds. The average molecular weight is 422 g/mol. The summed E-state index contributed by atoms with van der Waals surface area (Å²) in [6.07, 6.45) is 0. The SMILES string of the molecule is CC(N=[N+]=[N-])[C@H]1C(=O)N[C@@H]1C(C(=O)OCc1ccccc1)C(=O)OCc1ccccc1. The van der Waals surface area contributed by atoms with Gasteiger partial charge in [0, 0.05) is 11.0 Å². The fourth-order valence-corrected chi connectivity index (χ4v) is 3.41. The number of hydrogen-bond acceptors (Lipinski definition) is 6. The number of esters is 2. The van der Waals surface area contributed by atoms with E-state index in [9.17, 15) is 14.4 Å². The van der Waals surface area contributed by atoms with Crippen molar-refractivity contribution in [1.82, 2.24) is 5.32 Å². The number of hydrogen-bond donors (Lipinski definition) is 1. The van der Waals surface area contributed by atoms with Gasteiger partial charge in [-0.15, -0.1) is 0 Å². The third-order valence-electron chi connectivity index (χ3n) is 5.07. The van der Waals surface area contributed by atoms with Crippen LogP contribution < -0.4 is 5.32 Å². The molecule has 9 heteroatoms. The Morgan fingerprint density at radius 1 is 1.00 bits per heavy atom. The van der Waals surface area contributed by atoms with Crippen molar-refractivity contribution in [2.75, 3.05) is 0 Å². The summed E-state index contributed by atoms with van der Waals surface area (Å²) in [7, 11) is 0. The number of carbonyl (C=O) groups excluding carboxylic acids is 3. The van der Waals surface area contributed by atoms with Crippen LogP contribution in [0, 0.1) is 11.8 Å². The molecule has 3 rings (SSSR count). The molecule has 0 aromatic heterocycles.